The summed E-state index contributed by atoms with van der Waals surface area (Å²) < 4.78 is 11.2. The molecule has 1 aromatic rings. The largest absolute Gasteiger partial charge is 0.448 e. The predicted octanol–water partition coefficient (Wildman–Crippen LogP) is 1.39. The van der Waals surface area contributed by atoms with Gasteiger partial charge in [-0.3, -0.25) is 4.79 Å². The third kappa shape index (κ3) is 3.27. The minimum atomic E-state index is -0.0595. The van der Waals surface area contributed by atoms with Gasteiger partial charge in [0, 0.05) is 25.6 Å². The zero-order valence-electron chi connectivity index (χ0n) is 12.7. The van der Waals surface area contributed by atoms with Crippen molar-refractivity contribution in [1.82, 2.24) is 15.2 Å². The van der Waals surface area contributed by atoms with Gasteiger partial charge in [-0.1, -0.05) is 0 Å². The normalized spacial score (nSPS) is 30.4. The van der Waals surface area contributed by atoms with Crippen LogP contribution in [0.25, 0.3) is 0 Å². The quantitative estimate of drug-likeness (QED) is 0.892. The van der Waals surface area contributed by atoms with Gasteiger partial charge in [0.15, 0.2) is 11.6 Å². The lowest BCUT2D eigenvalue weighted by atomic mass is 10.00. The van der Waals surface area contributed by atoms with Crippen molar-refractivity contribution in [3.8, 4) is 0 Å². The molecule has 3 atom stereocenters. The van der Waals surface area contributed by atoms with E-state index in [1.807, 2.05) is 13.8 Å². The number of nitrogens with zero attached hydrogens (tertiary/aromatic N) is 2. The Bertz CT molecular complexity index is 486. The van der Waals surface area contributed by atoms with Crippen LogP contribution in [-0.4, -0.2) is 54.2 Å². The van der Waals surface area contributed by atoms with Gasteiger partial charge in [-0.2, -0.15) is 0 Å². The molecule has 6 heteroatoms. The Labute approximate surface area is 124 Å². The molecule has 0 radical (unpaired) electrons. The number of hydrogen-bond donors (Lipinski definition) is 1. The molecule has 2 saturated heterocycles. The first kappa shape index (κ1) is 14.5. The minimum absolute atomic E-state index is 0.0595. The van der Waals surface area contributed by atoms with E-state index in [9.17, 15) is 4.79 Å². The van der Waals surface area contributed by atoms with Crippen LogP contribution >= 0.6 is 0 Å². The van der Waals surface area contributed by atoms with Crippen molar-refractivity contribution in [2.24, 2.45) is 0 Å². The summed E-state index contributed by atoms with van der Waals surface area (Å²) in [7, 11) is 0. The maximum Gasteiger partial charge on any atom is 0.275 e. The number of hydrogen-bond acceptors (Lipinski definition) is 5. The number of ether oxygens (including phenoxy) is 1. The number of aromatic nitrogens is 1. The lowest BCUT2D eigenvalue weighted by Crippen LogP contribution is -2.48. The molecule has 3 unspecified atom stereocenters. The van der Waals surface area contributed by atoms with Gasteiger partial charge in [0.05, 0.1) is 12.2 Å². The summed E-state index contributed by atoms with van der Waals surface area (Å²) >= 11 is 0. The summed E-state index contributed by atoms with van der Waals surface area (Å²) in [5.41, 5.74) is 0.414. The van der Waals surface area contributed by atoms with E-state index in [0.717, 1.165) is 25.9 Å². The highest BCUT2D eigenvalue weighted by molar-refractivity contribution is 5.92. The molecular weight excluding hydrogens is 270 g/mol. The zero-order chi connectivity index (χ0) is 14.8. The van der Waals surface area contributed by atoms with Gasteiger partial charge in [0.25, 0.3) is 5.91 Å². The number of nitrogens with one attached hydrogen (secondary N) is 1. The number of amides is 1. The molecule has 3 heterocycles. The van der Waals surface area contributed by atoms with Crippen molar-refractivity contribution >= 4 is 5.91 Å². The van der Waals surface area contributed by atoms with Crippen molar-refractivity contribution < 1.29 is 13.9 Å². The van der Waals surface area contributed by atoms with Gasteiger partial charge >= 0.3 is 0 Å². The molecule has 0 aromatic carbocycles. The molecule has 2 fully saturated rings. The van der Waals surface area contributed by atoms with E-state index in [1.54, 1.807) is 4.90 Å². The van der Waals surface area contributed by atoms with Crippen molar-refractivity contribution in [3.63, 3.8) is 0 Å². The topological polar surface area (TPSA) is 67.6 Å². The van der Waals surface area contributed by atoms with Gasteiger partial charge in [-0.25, -0.2) is 4.98 Å². The van der Waals surface area contributed by atoms with E-state index < -0.39 is 0 Å². The summed E-state index contributed by atoms with van der Waals surface area (Å²) in [6, 6.07) is 0. The molecule has 21 heavy (non-hydrogen) atoms. The smallest absolute Gasteiger partial charge is 0.275 e. The van der Waals surface area contributed by atoms with E-state index >= 15 is 0 Å². The molecule has 0 bridgehead atoms. The fourth-order valence-corrected chi connectivity index (χ4v) is 3.14. The van der Waals surface area contributed by atoms with Crippen LogP contribution in [0.15, 0.2) is 10.7 Å². The fraction of sp³-hybridized carbons (Fsp3) is 0.733. The molecule has 2 aliphatic heterocycles. The van der Waals surface area contributed by atoms with E-state index in [4.69, 9.17) is 9.15 Å². The zero-order valence-corrected chi connectivity index (χ0v) is 12.7. The average Bonchev–Trinajstić information content (AvgIpc) is 2.96. The summed E-state index contributed by atoms with van der Waals surface area (Å²) in [5.74, 6) is 0.901. The number of morpholine rings is 1. The Kier molecular flexibility index (Phi) is 4.26. The second-order valence-corrected chi connectivity index (χ2v) is 6.08. The molecule has 0 spiro atoms. The Balaban J connectivity index is 1.68. The number of carbonyl (C=O) groups is 1. The van der Waals surface area contributed by atoms with E-state index in [-0.39, 0.29) is 24.0 Å². The Morgan fingerprint density at radius 1 is 1.38 bits per heavy atom. The molecule has 1 N–H and O–H groups in total. The molecule has 1 aromatic heterocycles. The second kappa shape index (κ2) is 6.15. The van der Waals surface area contributed by atoms with E-state index in [2.05, 4.69) is 10.3 Å². The van der Waals surface area contributed by atoms with Gasteiger partial charge in [-0.05, 0) is 33.2 Å². The standard InChI is InChI=1S/C15H23N3O3/c1-10-7-18(8-11(2)21-10)15(19)13-9-20-14(17-13)12-4-3-5-16-6-12/h9-12,16H,3-8H2,1-2H3. The van der Waals surface area contributed by atoms with Crippen LogP contribution in [0.5, 0.6) is 0 Å². The first-order chi connectivity index (χ1) is 10.1. The first-order valence-corrected chi connectivity index (χ1v) is 7.74. The van der Waals surface area contributed by atoms with Crippen LogP contribution in [0.3, 0.4) is 0 Å². The Morgan fingerprint density at radius 2 is 2.14 bits per heavy atom. The molecule has 116 valence electrons. The summed E-state index contributed by atoms with van der Waals surface area (Å²) in [6.45, 7) is 7.11. The monoisotopic (exact) mass is 293 g/mol. The predicted molar refractivity (Wildman–Crippen MR) is 77.3 cm³/mol. The molecule has 2 aliphatic rings. The van der Waals surface area contributed by atoms with Crippen LogP contribution in [0.2, 0.25) is 0 Å². The maximum absolute atomic E-state index is 12.5. The summed E-state index contributed by atoms with van der Waals surface area (Å²) in [5, 5.41) is 3.33. The fourth-order valence-electron chi connectivity index (χ4n) is 3.14. The molecule has 3 rings (SSSR count). The highest BCUT2D eigenvalue weighted by Crippen LogP contribution is 2.23. The van der Waals surface area contributed by atoms with Crippen molar-refractivity contribution in [3.05, 3.63) is 17.8 Å². The summed E-state index contributed by atoms with van der Waals surface area (Å²) in [6.07, 6.45) is 3.80. The summed E-state index contributed by atoms with van der Waals surface area (Å²) in [4.78, 5) is 18.7. The third-order valence-electron chi connectivity index (χ3n) is 4.09. The molecular formula is C15H23N3O3. The molecule has 1 amide bonds. The highest BCUT2D eigenvalue weighted by atomic mass is 16.5. The van der Waals surface area contributed by atoms with E-state index in [1.165, 1.54) is 6.26 Å². The van der Waals surface area contributed by atoms with Crippen LogP contribution in [0.1, 0.15) is 49.0 Å². The third-order valence-corrected chi connectivity index (χ3v) is 4.09. The minimum Gasteiger partial charge on any atom is -0.448 e. The van der Waals surface area contributed by atoms with Gasteiger partial charge in [0.2, 0.25) is 0 Å². The van der Waals surface area contributed by atoms with Crippen molar-refractivity contribution in [2.45, 2.75) is 44.8 Å². The second-order valence-electron chi connectivity index (χ2n) is 6.08. The molecule has 0 aliphatic carbocycles. The van der Waals surface area contributed by atoms with Crippen LogP contribution in [0.4, 0.5) is 0 Å². The Hall–Kier alpha value is -1.40. The van der Waals surface area contributed by atoms with Gasteiger partial charge < -0.3 is 19.4 Å². The van der Waals surface area contributed by atoms with Crippen LogP contribution in [-0.2, 0) is 4.74 Å². The van der Waals surface area contributed by atoms with Crippen LogP contribution in [0, 0.1) is 0 Å². The van der Waals surface area contributed by atoms with Crippen LogP contribution < -0.4 is 5.32 Å². The number of rotatable bonds is 2. The number of carbonyl (C=O) groups excluding carboxylic acids is 1. The lowest BCUT2D eigenvalue weighted by Gasteiger charge is -2.34. The first-order valence-electron chi connectivity index (χ1n) is 7.74. The van der Waals surface area contributed by atoms with Crippen molar-refractivity contribution in [2.75, 3.05) is 26.2 Å². The Morgan fingerprint density at radius 3 is 2.81 bits per heavy atom. The lowest BCUT2D eigenvalue weighted by molar-refractivity contribution is -0.0587. The highest BCUT2D eigenvalue weighted by Gasteiger charge is 2.29. The molecule has 6 nitrogen and oxygen atoms in total. The number of piperidine rings is 1. The average molecular weight is 293 g/mol. The maximum atomic E-state index is 12.5. The molecule has 0 saturated carbocycles. The van der Waals surface area contributed by atoms with E-state index in [0.29, 0.717) is 24.7 Å². The SMILES string of the molecule is CC1CN(C(=O)c2coc(C3CCCNC3)n2)CC(C)O1. The number of oxazole rings is 1. The van der Waals surface area contributed by atoms with Crippen molar-refractivity contribution in [1.29, 1.82) is 0 Å². The van der Waals surface area contributed by atoms with Gasteiger partial charge in [0.1, 0.15) is 6.26 Å². The van der Waals surface area contributed by atoms with Gasteiger partial charge in [-0.15, -0.1) is 0 Å².